The number of hydrogen-bond acceptors (Lipinski definition) is 4. The molecule has 2 atom stereocenters. The fraction of sp³-hybridized carbons (Fsp3) is 0.688. The number of nitrogens with zero attached hydrogens (tertiary/aromatic N) is 1. The molecule has 124 valence electrons. The van der Waals surface area contributed by atoms with Crippen molar-refractivity contribution < 1.29 is 5.11 Å². The summed E-state index contributed by atoms with van der Waals surface area (Å²) in [4.78, 5) is 5.99. The molecule has 1 aromatic heterocycles. The van der Waals surface area contributed by atoms with Crippen molar-refractivity contribution in [2.24, 2.45) is 10.9 Å². The molecule has 0 amide bonds. The van der Waals surface area contributed by atoms with Crippen LogP contribution in [-0.2, 0) is 6.42 Å². The molecule has 1 aromatic rings. The van der Waals surface area contributed by atoms with E-state index in [1.807, 2.05) is 23.1 Å². The van der Waals surface area contributed by atoms with Gasteiger partial charge in [-0.3, -0.25) is 4.99 Å². The summed E-state index contributed by atoms with van der Waals surface area (Å²) < 4.78 is 0. The largest absolute Gasteiger partial charge is 0.387 e. The van der Waals surface area contributed by atoms with Gasteiger partial charge in [0.15, 0.2) is 5.96 Å². The Kier molecular flexibility index (Phi) is 7.05. The molecule has 1 aliphatic heterocycles. The van der Waals surface area contributed by atoms with Crippen LogP contribution >= 0.6 is 23.1 Å². The molecule has 22 heavy (non-hydrogen) atoms. The van der Waals surface area contributed by atoms with E-state index >= 15 is 0 Å². The van der Waals surface area contributed by atoms with Crippen LogP contribution in [-0.4, -0.2) is 47.8 Å². The summed E-state index contributed by atoms with van der Waals surface area (Å²) in [6, 6.07) is 4.29. The summed E-state index contributed by atoms with van der Waals surface area (Å²) in [5, 5.41) is 19.2. The van der Waals surface area contributed by atoms with Crippen LogP contribution in [0, 0.1) is 5.92 Å². The van der Waals surface area contributed by atoms with E-state index in [2.05, 4.69) is 47.0 Å². The van der Waals surface area contributed by atoms with E-state index in [1.54, 1.807) is 0 Å². The van der Waals surface area contributed by atoms with Crippen LogP contribution in [0.1, 0.15) is 25.1 Å². The number of nitrogens with one attached hydrogen (secondary N) is 2. The zero-order valence-electron chi connectivity index (χ0n) is 13.5. The number of aliphatic imine (C=N–C) groups is 1. The molecule has 1 aliphatic rings. The lowest BCUT2D eigenvalue weighted by Gasteiger charge is -2.20. The monoisotopic (exact) mass is 341 g/mol. The van der Waals surface area contributed by atoms with Crippen molar-refractivity contribution >= 4 is 29.1 Å². The van der Waals surface area contributed by atoms with Gasteiger partial charge in [-0.15, -0.1) is 11.3 Å². The molecule has 4 nitrogen and oxygen atoms in total. The van der Waals surface area contributed by atoms with Gasteiger partial charge in [0.05, 0.1) is 12.1 Å². The second-order valence-electron chi connectivity index (χ2n) is 5.99. The highest BCUT2D eigenvalue weighted by Crippen LogP contribution is 2.27. The van der Waals surface area contributed by atoms with Crippen molar-refractivity contribution in [2.45, 2.75) is 32.3 Å². The Hall–Kier alpha value is -0.720. The quantitative estimate of drug-likeness (QED) is 0.526. The lowest BCUT2D eigenvalue weighted by Crippen LogP contribution is -2.41. The molecule has 3 N–H and O–H groups in total. The minimum atomic E-state index is -0.615. The normalized spacial score (nSPS) is 23.5. The first kappa shape index (κ1) is 17.6. The van der Waals surface area contributed by atoms with Gasteiger partial charge in [0.1, 0.15) is 0 Å². The van der Waals surface area contributed by atoms with Crippen molar-refractivity contribution in [3.05, 3.63) is 22.4 Å². The highest BCUT2D eigenvalue weighted by atomic mass is 32.2. The van der Waals surface area contributed by atoms with Gasteiger partial charge < -0.3 is 15.7 Å². The van der Waals surface area contributed by atoms with Crippen molar-refractivity contribution in [3.63, 3.8) is 0 Å². The van der Waals surface area contributed by atoms with E-state index in [0.717, 1.165) is 43.4 Å². The van der Waals surface area contributed by atoms with Gasteiger partial charge in [-0.05, 0) is 42.9 Å². The molecule has 0 bridgehead atoms. The maximum atomic E-state index is 10.4. The topological polar surface area (TPSA) is 56.7 Å². The van der Waals surface area contributed by atoms with Gasteiger partial charge in [-0.2, -0.15) is 11.8 Å². The van der Waals surface area contributed by atoms with Crippen LogP contribution in [0.25, 0.3) is 0 Å². The van der Waals surface area contributed by atoms with Crippen molar-refractivity contribution in [2.75, 3.05) is 31.1 Å². The minimum Gasteiger partial charge on any atom is -0.387 e. The summed E-state index contributed by atoms with van der Waals surface area (Å²) in [5.74, 6) is 3.19. The zero-order valence-corrected chi connectivity index (χ0v) is 15.1. The average Bonchev–Trinajstić information content (AvgIpc) is 3.14. The maximum absolute atomic E-state index is 10.4. The Balaban J connectivity index is 1.80. The van der Waals surface area contributed by atoms with Crippen LogP contribution in [0.2, 0.25) is 0 Å². The summed E-state index contributed by atoms with van der Waals surface area (Å²) in [7, 11) is 0. The number of aliphatic hydroxyl groups is 1. The van der Waals surface area contributed by atoms with Crippen molar-refractivity contribution in [1.29, 1.82) is 0 Å². The smallest absolute Gasteiger partial charge is 0.191 e. The molecule has 1 saturated heterocycles. The van der Waals surface area contributed by atoms with Crippen LogP contribution in [0.15, 0.2) is 22.5 Å². The van der Waals surface area contributed by atoms with E-state index in [1.165, 1.54) is 4.88 Å². The molecule has 2 heterocycles. The Morgan fingerprint density at radius 3 is 3.00 bits per heavy atom. The number of thiophene rings is 1. The molecule has 0 aliphatic carbocycles. The first-order chi connectivity index (χ1) is 10.6. The standard InChI is InChI=1S/C16H27N3OS2/c1-3-17-15(19-11-16(20)6-8-21-12-16)18-10-13(2)9-14-5-4-7-22-14/h4-5,7,13,20H,3,6,8-12H2,1-2H3,(H2,17,18,19). The van der Waals surface area contributed by atoms with E-state index in [4.69, 9.17) is 0 Å². The highest BCUT2D eigenvalue weighted by molar-refractivity contribution is 7.99. The maximum Gasteiger partial charge on any atom is 0.191 e. The van der Waals surface area contributed by atoms with Gasteiger partial charge in [0.2, 0.25) is 0 Å². The van der Waals surface area contributed by atoms with Gasteiger partial charge in [-0.25, -0.2) is 0 Å². The molecule has 1 fully saturated rings. The Bertz CT molecular complexity index is 456. The second kappa shape index (κ2) is 8.79. The van der Waals surface area contributed by atoms with Crippen LogP contribution < -0.4 is 10.6 Å². The number of guanidine groups is 1. The van der Waals surface area contributed by atoms with Crippen LogP contribution in [0.3, 0.4) is 0 Å². The molecule has 0 saturated carbocycles. The van der Waals surface area contributed by atoms with Gasteiger partial charge in [0, 0.05) is 23.7 Å². The lowest BCUT2D eigenvalue weighted by molar-refractivity contribution is 0.0778. The zero-order chi connectivity index (χ0) is 15.8. The van der Waals surface area contributed by atoms with E-state index in [0.29, 0.717) is 12.5 Å². The fourth-order valence-corrected chi connectivity index (χ4v) is 4.56. The van der Waals surface area contributed by atoms with E-state index in [-0.39, 0.29) is 0 Å². The molecule has 0 spiro atoms. The minimum absolute atomic E-state index is 0.481. The molecular formula is C16H27N3OS2. The van der Waals surface area contributed by atoms with Gasteiger partial charge in [-0.1, -0.05) is 13.0 Å². The third-order valence-corrected chi connectivity index (χ3v) is 5.84. The number of hydrogen-bond donors (Lipinski definition) is 3. The van der Waals surface area contributed by atoms with Gasteiger partial charge in [0.25, 0.3) is 0 Å². The van der Waals surface area contributed by atoms with Crippen LogP contribution in [0.5, 0.6) is 0 Å². The summed E-state index contributed by atoms with van der Waals surface area (Å²) in [5.41, 5.74) is -0.615. The van der Waals surface area contributed by atoms with Crippen LogP contribution in [0.4, 0.5) is 0 Å². The second-order valence-corrected chi connectivity index (χ2v) is 8.13. The molecule has 2 rings (SSSR count). The number of thioether (sulfide) groups is 1. The lowest BCUT2D eigenvalue weighted by atomic mass is 10.0. The third kappa shape index (κ3) is 5.82. The van der Waals surface area contributed by atoms with Crippen molar-refractivity contribution in [1.82, 2.24) is 10.6 Å². The summed E-state index contributed by atoms with van der Waals surface area (Å²) >= 11 is 3.62. The van der Waals surface area contributed by atoms with E-state index < -0.39 is 5.60 Å². The summed E-state index contributed by atoms with van der Waals surface area (Å²) in [6.45, 7) is 6.51. The fourth-order valence-electron chi connectivity index (χ4n) is 2.40. The Labute approximate surface area is 141 Å². The average molecular weight is 342 g/mol. The van der Waals surface area contributed by atoms with Gasteiger partial charge >= 0.3 is 0 Å². The highest BCUT2D eigenvalue weighted by Gasteiger charge is 2.31. The number of rotatable bonds is 7. The molecular weight excluding hydrogens is 314 g/mol. The first-order valence-electron chi connectivity index (χ1n) is 7.96. The Morgan fingerprint density at radius 1 is 1.50 bits per heavy atom. The van der Waals surface area contributed by atoms with Crippen molar-refractivity contribution in [3.8, 4) is 0 Å². The first-order valence-corrected chi connectivity index (χ1v) is 9.99. The molecule has 0 radical (unpaired) electrons. The molecule has 0 aromatic carbocycles. The SMILES string of the molecule is CCNC(=NCC1(O)CCSC1)NCC(C)Cc1cccs1. The third-order valence-electron chi connectivity index (χ3n) is 3.71. The molecule has 6 heteroatoms. The summed E-state index contributed by atoms with van der Waals surface area (Å²) in [6.07, 6.45) is 1.93. The van der Waals surface area contributed by atoms with E-state index in [9.17, 15) is 5.11 Å². The Morgan fingerprint density at radius 2 is 2.36 bits per heavy atom. The predicted octanol–water partition coefficient (Wildman–Crippen LogP) is 2.35. The molecule has 2 unspecified atom stereocenters. The predicted molar refractivity (Wildman–Crippen MR) is 98.1 cm³/mol.